The largest absolute Gasteiger partial charge is 0.303 e. The second kappa shape index (κ2) is 8.33. The van der Waals surface area contributed by atoms with Crippen LogP contribution in [0, 0.1) is 0 Å². The van der Waals surface area contributed by atoms with Crippen molar-refractivity contribution in [2.45, 2.75) is 31.1 Å². The zero-order chi connectivity index (χ0) is 18.5. The van der Waals surface area contributed by atoms with Gasteiger partial charge in [0.15, 0.2) is 0 Å². The summed E-state index contributed by atoms with van der Waals surface area (Å²) in [5, 5.41) is 0. The quantitative estimate of drug-likeness (QED) is 0.751. The highest BCUT2D eigenvalue weighted by atomic mass is 32.2. The lowest BCUT2D eigenvalue weighted by atomic mass is 9.73. The SMILES string of the molecule is O=S(=O)(O)CC(CCN1CCCCC1)(c1ccccc1)c1ccccc1. The van der Waals surface area contributed by atoms with E-state index in [0.717, 1.165) is 30.8 Å². The van der Waals surface area contributed by atoms with Gasteiger partial charge < -0.3 is 4.90 Å². The van der Waals surface area contributed by atoms with Crippen molar-refractivity contribution >= 4 is 10.1 Å². The van der Waals surface area contributed by atoms with Crippen LogP contribution >= 0.6 is 0 Å². The predicted molar refractivity (Wildman–Crippen MR) is 105 cm³/mol. The number of hydrogen-bond acceptors (Lipinski definition) is 3. The van der Waals surface area contributed by atoms with Crippen LogP contribution in [0.3, 0.4) is 0 Å². The highest BCUT2D eigenvalue weighted by molar-refractivity contribution is 7.85. The van der Waals surface area contributed by atoms with E-state index in [2.05, 4.69) is 4.90 Å². The van der Waals surface area contributed by atoms with E-state index in [1.54, 1.807) is 0 Å². The minimum Gasteiger partial charge on any atom is -0.303 e. The summed E-state index contributed by atoms with van der Waals surface area (Å²) in [6, 6.07) is 19.4. The van der Waals surface area contributed by atoms with Gasteiger partial charge in [0.2, 0.25) is 0 Å². The molecule has 4 nitrogen and oxygen atoms in total. The normalized spacial score (nSPS) is 16.5. The summed E-state index contributed by atoms with van der Waals surface area (Å²) >= 11 is 0. The summed E-state index contributed by atoms with van der Waals surface area (Å²) in [5.74, 6) is -0.304. The Morgan fingerprint density at radius 2 is 1.35 bits per heavy atom. The lowest BCUT2D eigenvalue weighted by Crippen LogP contribution is -2.41. The molecule has 0 bridgehead atoms. The zero-order valence-electron chi connectivity index (χ0n) is 15.0. The van der Waals surface area contributed by atoms with Crippen LogP contribution in [0.2, 0.25) is 0 Å². The third-order valence-corrected chi connectivity index (χ3v) is 6.24. The lowest BCUT2D eigenvalue weighted by molar-refractivity contribution is 0.213. The fraction of sp³-hybridized carbons (Fsp3) is 0.429. The van der Waals surface area contributed by atoms with Crippen molar-refractivity contribution in [2.75, 3.05) is 25.4 Å². The molecule has 0 atom stereocenters. The van der Waals surface area contributed by atoms with Crippen LogP contribution in [0.15, 0.2) is 60.7 Å². The molecule has 1 saturated heterocycles. The van der Waals surface area contributed by atoms with Gasteiger partial charge in [0.05, 0.1) is 5.75 Å². The van der Waals surface area contributed by atoms with Gasteiger partial charge in [0.1, 0.15) is 0 Å². The molecule has 2 aromatic carbocycles. The second-order valence-electron chi connectivity index (χ2n) is 7.19. The Morgan fingerprint density at radius 3 is 1.81 bits per heavy atom. The lowest BCUT2D eigenvalue weighted by Gasteiger charge is -2.37. The van der Waals surface area contributed by atoms with Gasteiger partial charge in [-0.3, -0.25) is 4.55 Å². The van der Waals surface area contributed by atoms with Crippen LogP contribution in [-0.4, -0.2) is 43.3 Å². The van der Waals surface area contributed by atoms with Crippen molar-refractivity contribution in [3.63, 3.8) is 0 Å². The molecule has 1 N–H and O–H groups in total. The van der Waals surface area contributed by atoms with E-state index in [1.807, 2.05) is 60.7 Å². The van der Waals surface area contributed by atoms with E-state index < -0.39 is 15.5 Å². The summed E-state index contributed by atoms with van der Waals surface area (Å²) < 4.78 is 33.7. The molecule has 0 aromatic heterocycles. The fourth-order valence-electron chi connectivity index (χ4n) is 4.05. The van der Waals surface area contributed by atoms with Crippen molar-refractivity contribution in [1.82, 2.24) is 4.90 Å². The van der Waals surface area contributed by atoms with Crippen molar-refractivity contribution in [2.24, 2.45) is 0 Å². The van der Waals surface area contributed by atoms with Crippen molar-refractivity contribution in [3.05, 3.63) is 71.8 Å². The maximum absolute atomic E-state index is 12.0. The van der Waals surface area contributed by atoms with Gasteiger partial charge in [0.25, 0.3) is 10.1 Å². The van der Waals surface area contributed by atoms with Crippen LogP contribution in [-0.2, 0) is 15.5 Å². The molecular weight excluding hydrogens is 346 g/mol. The van der Waals surface area contributed by atoms with Crippen LogP contribution in [0.25, 0.3) is 0 Å². The Morgan fingerprint density at radius 1 is 0.846 bits per heavy atom. The Hall–Kier alpha value is -1.69. The van der Waals surface area contributed by atoms with Gasteiger partial charge in [0, 0.05) is 5.41 Å². The summed E-state index contributed by atoms with van der Waals surface area (Å²) in [6.45, 7) is 2.94. The molecule has 2 aromatic rings. The standard InChI is InChI=1S/C21H27NO3S/c23-26(24,25)18-21(19-10-4-1-5-11-19,20-12-6-2-7-13-20)14-17-22-15-8-3-9-16-22/h1-2,4-7,10-13H,3,8-9,14-18H2,(H,23,24,25). The molecule has 0 amide bonds. The Labute approximate surface area is 156 Å². The number of hydrogen-bond donors (Lipinski definition) is 1. The minimum atomic E-state index is -4.15. The summed E-state index contributed by atoms with van der Waals surface area (Å²) in [5.41, 5.74) is 1.11. The molecule has 1 fully saturated rings. The van der Waals surface area contributed by atoms with Crippen LogP contribution in [0.1, 0.15) is 36.8 Å². The smallest absolute Gasteiger partial charge is 0.266 e. The first-order chi connectivity index (χ1) is 12.5. The van der Waals surface area contributed by atoms with Gasteiger partial charge in [-0.25, -0.2) is 0 Å². The van der Waals surface area contributed by atoms with Crippen molar-refractivity contribution < 1.29 is 13.0 Å². The van der Waals surface area contributed by atoms with Crippen LogP contribution in [0.5, 0.6) is 0 Å². The van der Waals surface area contributed by atoms with Gasteiger partial charge in [-0.15, -0.1) is 0 Å². The molecule has 140 valence electrons. The first kappa shape index (κ1) is 19.1. The van der Waals surface area contributed by atoms with E-state index >= 15 is 0 Å². The third-order valence-electron chi connectivity index (χ3n) is 5.39. The molecule has 0 radical (unpaired) electrons. The molecule has 3 rings (SSSR count). The number of piperidine rings is 1. The summed E-state index contributed by atoms with van der Waals surface area (Å²) in [4.78, 5) is 2.41. The average Bonchev–Trinajstić information content (AvgIpc) is 2.66. The summed E-state index contributed by atoms with van der Waals surface area (Å²) in [6.07, 6.45) is 4.31. The minimum absolute atomic E-state index is 0.304. The van der Waals surface area contributed by atoms with E-state index in [4.69, 9.17) is 0 Å². The number of rotatable bonds is 7. The number of benzene rings is 2. The first-order valence-electron chi connectivity index (χ1n) is 9.28. The maximum atomic E-state index is 12.0. The number of nitrogens with zero attached hydrogens (tertiary/aromatic N) is 1. The van der Waals surface area contributed by atoms with Gasteiger partial charge >= 0.3 is 0 Å². The molecule has 26 heavy (non-hydrogen) atoms. The van der Waals surface area contributed by atoms with Gasteiger partial charge in [-0.2, -0.15) is 8.42 Å². The van der Waals surface area contributed by atoms with Crippen molar-refractivity contribution in [1.29, 1.82) is 0 Å². The Kier molecular flexibility index (Phi) is 6.12. The van der Waals surface area contributed by atoms with E-state index in [1.165, 1.54) is 19.3 Å². The highest BCUT2D eigenvalue weighted by Crippen LogP contribution is 2.37. The van der Waals surface area contributed by atoms with Crippen LogP contribution < -0.4 is 0 Å². The predicted octanol–water partition coefficient (Wildman–Crippen LogP) is 3.74. The van der Waals surface area contributed by atoms with E-state index in [9.17, 15) is 13.0 Å². The first-order valence-corrected chi connectivity index (χ1v) is 10.9. The molecule has 5 heteroatoms. The van der Waals surface area contributed by atoms with Gasteiger partial charge in [-0.05, 0) is 50.0 Å². The molecule has 0 unspecified atom stereocenters. The molecule has 1 aliphatic heterocycles. The van der Waals surface area contributed by atoms with Crippen molar-refractivity contribution in [3.8, 4) is 0 Å². The Bertz CT molecular complexity index is 745. The average molecular weight is 374 g/mol. The molecule has 0 spiro atoms. The molecule has 1 aliphatic rings. The highest BCUT2D eigenvalue weighted by Gasteiger charge is 2.38. The molecule has 0 saturated carbocycles. The maximum Gasteiger partial charge on any atom is 0.266 e. The topological polar surface area (TPSA) is 57.6 Å². The van der Waals surface area contributed by atoms with E-state index in [0.29, 0.717) is 6.42 Å². The van der Waals surface area contributed by atoms with Crippen LogP contribution in [0.4, 0.5) is 0 Å². The van der Waals surface area contributed by atoms with Gasteiger partial charge in [-0.1, -0.05) is 67.1 Å². The third kappa shape index (κ3) is 4.72. The fourth-order valence-corrected chi connectivity index (χ4v) is 5.15. The zero-order valence-corrected chi connectivity index (χ0v) is 15.9. The molecule has 0 aliphatic carbocycles. The molecular formula is C21H27NO3S. The second-order valence-corrected chi connectivity index (χ2v) is 8.65. The summed E-state index contributed by atoms with van der Waals surface area (Å²) in [7, 11) is -4.15. The molecule has 1 heterocycles. The monoisotopic (exact) mass is 373 g/mol. The number of likely N-dealkylation sites (tertiary alicyclic amines) is 1. The Balaban J connectivity index is 2.02. The van der Waals surface area contributed by atoms with E-state index in [-0.39, 0.29) is 5.75 Å².